The molecule has 154 valence electrons. The van der Waals surface area contributed by atoms with Crippen LogP contribution in [0.3, 0.4) is 0 Å². The lowest BCUT2D eigenvalue weighted by Crippen LogP contribution is -2.48. The zero-order valence-electron chi connectivity index (χ0n) is 17.1. The number of ether oxygens (including phenoxy) is 2. The van der Waals surface area contributed by atoms with Gasteiger partial charge in [0.1, 0.15) is 5.82 Å². The van der Waals surface area contributed by atoms with Gasteiger partial charge in [-0.3, -0.25) is 4.79 Å². The number of anilines is 2. The molecule has 1 aliphatic rings. The van der Waals surface area contributed by atoms with Crippen LogP contribution in [0.15, 0.2) is 36.4 Å². The zero-order chi connectivity index (χ0) is 20.6. The SMILES string of the molecule is CCNc1ccc(N2CCN(C(=O)/C=C/c3ccc(OC)c(OC)c3)CC2)nn1. The maximum atomic E-state index is 12.5. The van der Waals surface area contributed by atoms with Crippen molar-refractivity contribution in [2.45, 2.75) is 6.92 Å². The molecular formula is C21H27N5O3. The summed E-state index contributed by atoms with van der Waals surface area (Å²) in [7, 11) is 3.19. The number of methoxy groups -OCH3 is 2. The molecule has 1 aliphatic heterocycles. The Morgan fingerprint density at radius 2 is 1.83 bits per heavy atom. The second kappa shape index (κ2) is 9.77. The second-order valence-corrected chi connectivity index (χ2v) is 6.57. The van der Waals surface area contributed by atoms with E-state index >= 15 is 0 Å². The molecule has 0 atom stereocenters. The largest absolute Gasteiger partial charge is 0.493 e. The minimum atomic E-state index is -0.00647. The van der Waals surface area contributed by atoms with Gasteiger partial charge in [0.05, 0.1) is 14.2 Å². The van der Waals surface area contributed by atoms with Crippen molar-refractivity contribution in [2.75, 3.05) is 57.2 Å². The van der Waals surface area contributed by atoms with E-state index in [9.17, 15) is 4.79 Å². The molecule has 0 saturated carbocycles. The number of benzene rings is 1. The maximum absolute atomic E-state index is 12.5. The Labute approximate surface area is 171 Å². The Morgan fingerprint density at radius 3 is 2.45 bits per heavy atom. The molecule has 1 aromatic carbocycles. The summed E-state index contributed by atoms with van der Waals surface area (Å²) in [5.74, 6) is 2.89. The highest BCUT2D eigenvalue weighted by molar-refractivity contribution is 5.92. The molecule has 1 N–H and O–H groups in total. The lowest BCUT2D eigenvalue weighted by atomic mass is 10.2. The van der Waals surface area contributed by atoms with E-state index in [4.69, 9.17) is 9.47 Å². The first-order chi connectivity index (χ1) is 14.1. The van der Waals surface area contributed by atoms with Crippen molar-refractivity contribution < 1.29 is 14.3 Å². The molecule has 1 aromatic heterocycles. The van der Waals surface area contributed by atoms with Gasteiger partial charge in [0, 0.05) is 38.8 Å². The summed E-state index contributed by atoms with van der Waals surface area (Å²) in [6.07, 6.45) is 3.39. The summed E-state index contributed by atoms with van der Waals surface area (Å²) in [5.41, 5.74) is 0.880. The van der Waals surface area contributed by atoms with Crippen molar-refractivity contribution in [3.8, 4) is 11.5 Å². The molecule has 0 spiro atoms. The number of nitrogens with one attached hydrogen (secondary N) is 1. The van der Waals surface area contributed by atoms with E-state index in [1.165, 1.54) is 0 Å². The highest BCUT2D eigenvalue weighted by Crippen LogP contribution is 2.28. The predicted molar refractivity (Wildman–Crippen MR) is 114 cm³/mol. The lowest BCUT2D eigenvalue weighted by molar-refractivity contribution is -0.126. The Hall–Kier alpha value is -3.29. The summed E-state index contributed by atoms with van der Waals surface area (Å²) in [6, 6.07) is 9.44. The molecule has 8 heteroatoms. The standard InChI is InChI=1S/C21H27N5O3/c1-4-22-19-8-9-20(24-23-19)25-11-13-26(14-12-25)21(27)10-6-16-5-7-17(28-2)18(15-16)29-3/h5-10,15H,4,11-14H2,1-3H3,(H,22,23)/b10-6+. The number of hydrogen-bond donors (Lipinski definition) is 1. The molecular weight excluding hydrogens is 370 g/mol. The van der Waals surface area contributed by atoms with E-state index < -0.39 is 0 Å². The number of carbonyl (C=O) groups excluding carboxylic acids is 1. The zero-order valence-corrected chi connectivity index (χ0v) is 17.1. The number of piperazine rings is 1. The van der Waals surface area contributed by atoms with Crippen LogP contribution in [0.1, 0.15) is 12.5 Å². The van der Waals surface area contributed by atoms with Gasteiger partial charge in [0.15, 0.2) is 17.3 Å². The van der Waals surface area contributed by atoms with Crippen LogP contribution >= 0.6 is 0 Å². The number of rotatable bonds is 7. The van der Waals surface area contributed by atoms with Gasteiger partial charge in [0.2, 0.25) is 5.91 Å². The summed E-state index contributed by atoms with van der Waals surface area (Å²) < 4.78 is 10.5. The third kappa shape index (κ3) is 5.16. The minimum absolute atomic E-state index is 0.00647. The van der Waals surface area contributed by atoms with Gasteiger partial charge in [-0.15, -0.1) is 10.2 Å². The highest BCUT2D eigenvalue weighted by atomic mass is 16.5. The molecule has 8 nitrogen and oxygen atoms in total. The maximum Gasteiger partial charge on any atom is 0.246 e. The minimum Gasteiger partial charge on any atom is -0.493 e. The van der Waals surface area contributed by atoms with Crippen LogP contribution in [0.4, 0.5) is 11.6 Å². The molecule has 1 amide bonds. The van der Waals surface area contributed by atoms with E-state index in [1.54, 1.807) is 26.4 Å². The third-order valence-electron chi connectivity index (χ3n) is 4.75. The molecule has 1 fully saturated rings. The second-order valence-electron chi connectivity index (χ2n) is 6.57. The van der Waals surface area contributed by atoms with Gasteiger partial charge in [-0.2, -0.15) is 0 Å². The van der Waals surface area contributed by atoms with Gasteiger partial charge in [-0.1, -0.05) is 6.07 Å². The van der Waals surface area contributed by atoms with Crippen molar-refractivity contribution in [3.63, 3.8) is 0 Å². The van der Waals surface area contributed by atoms with E-state index in [2.05, 4.69) is 20.4 Å². The molecule has 2 aromatic rings. The molecule has 1 saturated heterocycles. The van der Waals surface area contributed by atoms with Gasteiger partial charge >= 0.3 is 0 Å². The summed E-state index contributed by atoms with van der Waals surface area (Å²) in [4.78, 5) is 16.5. The van der Waals surface area contributed by atoms with E-state index in [0.717, 1.165) is 36.8 Å². The molecule has 0 radical (unpaired) electrons. The van der Waals surface area contributed by atoms with Crippen molar-refractivity contribution in [1.82, 2.24) is 15.1 Å². The summed E-state index contributed by atoms with van der Waals surface area (Å²) >= 11 is 0. The molecule has 2 heterocycles. The van der Waals surface area contributed by atoms with Gasteiger partial charge in [0.25, 0.3) is 0 Å². The molecule has 29 heavy (non-hydrogen) atoms. The smallest absolute Gasteiger partial charge is 0.246 e. The predicted octanol–water partition coefficient (Wildman–Crippen LogP) is 2.29. The molecule has 0 bridgehead atoms. The van der Waals surface area contributed by atoms with Crippen LogP contribution in [0.5, 0.6) is 11.5 Å². The van der Waals surface area contributed by atoms with Crippen molar-refractivity contribution >= 4 is 23.6 Å². The Bertz CT molecular complexity index is 846. The van der Waals surface area contributed by atoms with E-state index in [1.807, 2.05) is 42.2 Å². The first-order valence-corrected chi connectivity index (χ1v) is 9.66. The van der Waals surface area contributed by atoms with E-state index in [-0.39, 0.29) is 5.91 Å². The first-order valence-electron chi connectivity index (χ1n) is 9.66. The van der Waals surface area contributed by atoms with Crippen molar-refractivity contribution in [1.29, 1.82) is 0 Å². The van der Waals surface area contributed by atoms with Crippen molar-refractivity contribution in [2.24, 2.45) is 0 Å². The third-order valence-corrected chi connectivity index (χ3v) is 4.75. The quantitative estimate of drug-likeness (QED) is 0.718. The Morgan fingerprint density at radius 1 is 1.07 bits per heavy atom. The summed E-state index contributed by atoms with van der Waals surface area (Å²) in [5, 5.41) is 11.6. The molecule has 0 unspecified atom stereocenters. The topological polar surface area (TPSA) is 79.8 Å². The average Bonchev–Trinajstić information content (AvgIpc) is 2.78. The Balaban J connectivity index is 1.55. The van der Waals surface area contributed by atoms with Gasteiger partial charge < -0.3 is 24.6 Å². The number of hydrogen-bond acceptors (Lipinski definition) is 7. The number of nitrogens with zero attached hydrogens (tertiary/aromatic N) is 4. The highest BCUT2D eigenvalue weighted by Gasteiger charge is 2.20. The average molecular weight is 397 g/mol. The van der Waals surface area contributed by atoms with Crippen LogP contribution in [-0.2, 0) is 4.79 Å². The van der Waals surface area contributed by atoms with Crippen molar-refractivity contribution in [3.05, 3.63) is 42.0 Å². The number of carbonyl (C=O) groups is 1. The van der Waals surface area contributed by atoms with E-state index in [0.29, 0.717) is 24.6 Å². The van der Waals surface area contributed by atoms with Gasteiger partial charge in [-0.05, 0) is 42.8 Å². The fourth-order valence-electron chi connectivity index (χ4n) is 3.15. The fourth-order valence-corrected chi connectivity index (χ4v) is 3.15. The molecule has 0 aliphatic carbocycles. The van der Waals surface area contributed by atoms with Gasteiger partial charge in [-0.25, -0.2) is 0 Å². The Kier molecular flexibility index (Phi) is 6.89. The lowest BCUT2D eigenvalue weighted by Gasteiger charge is -2.34. The summed E-state index contributed by atoms with van der Waals surface area (Å²) in [6.45, 7) is 5.57. The fraction of sp³-hybridized carbons (Fsp3) is 0.381. The van der Waals surface area contributed by atoms with Crippen LogP contribution < -0.4 is 19.7 Å². The van der Waals surface area contributed by atoms with Crippen LogP contribution in [0, 0.1) is 0 Å². The van der Waals surface area contributed by atoms with Crippen LogP contribution in [-0.4, -0.2) is 67.9 Å². The first kappa shape index (κ1) is 20.4. The molecule has 3 rings (SSSR count). The number of amides is 1. The normalized spacial score (nSPS) is 14.2. The monoisotopic (exact) mass is 397 g/mol. The number of aromatic nitrogens is 2. The van der Waals surface area contributed by atoms with Crippen LogP contribution in [0.2, 0.25) is 0 Å². The van der Waals surface area contributed by atoms with Crippen LogP contribution in [0.25, 0.3) is 6.08 Å².